The van der Waals surface area contributed by atoms with E-state index in [1.54, 1.807) is 0 Å². The summed E-state index contributed by atoms with van der Waals surface area (Å²) in [6.45, 7) is 15.3. The molecule has 0 aromatic rings. The number of hydrogen-bond donors (Lipinski definition) is 7. The van der Waals surface area contributed by atoms with E-state index in [1.165, 1.54) is 148 Å². The number of amides is 3. The zero-order chi connectivity index (χ0) is 42.3. The largest absolute Gasteiger partial charge is 0.356 e. The van der Waals surface area contributed by atoms with Gasteiger partial charge < -0.3 is 37.2 Å². The predicted octanol–water partition coefficient (Wildman–Crippen LogP) is 9.07. The summed E-state index contributed by atoms with van der Waals surface area (Å²) in [4.78, 5) is 37.9. The molecule has 0 fully saturated rings. The van der Waals surface area contributed by atoms with Gasteiger partial charge in [-0.1, -0.05) is 175 Å². The molecule has 0 spiro atoms. The van der Waals surface area contributed by atoms with Crippen molar-refractivity contribution in [2.75, 3.05) is 72.0 Å². The first kappa shape index (κ1) is 56.2. The molecule has 0 bridgehead atoms. The number of nitrogens with one attached hydrogen (secondary N) is 7. The highest BCUT2D eigenvalue weighted by Crippen LogP contribution is 2.12. The lowest BCUT2D eigenvalue weighted by Gasteiger charge is -2.18. The first-order valence-corrected chi connectivity index (χ1v) is 25.2. The maximum atomic E-state index is 13.2. The summed E-state index contributed by atoms with van der Waals surface area (Å²) in [5.74, 6) is 0.0611. The van der Waals surface area contributed by atoms with Crippen molar-refractivity contribution in [3.63, 3.8) is 0 Å². The van der Waals surface area contributed by atoms with Crippen LogP contribution in [0.25, 0.3) is 0 Å². The third-order valence-electron chi connectivity index (χ3n) is 11.2. The Morgan fingerprint density at radius 1 is 0.328 bits per heavy atom. The Kier molecular flexibility index (Phi) is 46.5. The number of rotatable bonds is 48. The minimum absolute atomic E-state index is 0.0609. The van der Waals surface area contributed by atoms with Gasteiger partial charge in [-0.2, -0.15) is 0 Å². The second-order valence-electron chi connectivity index (χ2n) is 16.9. The fourth-order valence-corrected chi connectivity index (χ4v) is 7.31. The van der Waals surface area contributed by atoms with Gasteiger partial charge in [-0.05, 0) is 25.7 Å². The molecule has 1 atom stereocenters. The monoisotopic (exact) mass is 822 g/mol. The Hall–Kier alpha value is -1.75. The van der Waals surface area contributed by atoms with Crippen LogP contribution in [0.1, 0.15) is 213 Å². The standard InChI is InChI=1S/C48H99N7O3/c1-4-7-10-13-16-19-22-25-28-34-53-46(56)32-31-45(48(58)55-36-30-27-24-21-18-15-12-9-6-3)44-52-43-42-51-41-40-50-39-38-49-37-33-47(57)54-35-29-26-23-20-17-14-11-8-5-2/h45,49-52H,4-44H2,1-3H3,(H,53,56)(H,54,57)(H,55,58). The van der Waals surface area contributed by atoms with Crippen molar-refractivity contribution in [2.24, 2.45) is 5.92 Å². The second kappa shape index (κ2) is 47.9. The molecule has 0 aromatic heterocycles. The Bertz CT molecular complexity index is 878. The molecule has 0 aliphatic heterocycles. The van der Waals surface area contributed by atoms with Crippen LogP contribution in [0.4, 0.5) is 0 Å². The third-order valence-corrected chi connectivity index (χ3v) is 11.2. The molecule has 10 heteroatoms. The van der Waals surface area contributed by atoms with Crippen molar-refractivity contribution < 1.29 is 14.4 Å². The number of hydrogen-bond acceptors (Lipinski definition) is 7. The average molecular weight is 822 g/mol. The zero-order valence-electron chi connectivity index (χ0n) is 38.8. The molecule has 7 N–H and O–H groups in total. The quantitative estimate of drug-likeness (QED) is 0.0305. The summed E-state index contributed by atoms with van der Waals surface area (Å²) in [6.07, 6.45) is 36.0. The molecule has 0 saturated heterocycles. The molecule has 344 valence electrons. The lowest BCUT2D eigenvalue weighted by atomic mass is 10.0. The molecule has 1 unspecified atom stereocenters. The summed E-state index contributed by atoms with van der Waals surface area (Å²) in [6, 6.07) is 0. The van der Waals surface area contributed by atoms with Gasteiger partial charge in [-0.25, -0.2) is 0 Å². The van der Waals surface area contributed by atoms with Crippen molar-refractivity contribution in [2.45, 2.75) is 213 Å². The SMILES string of the molecule is CCCCCCCCCCCNC(=O)CCNCCNCCNCCNCC(CCC(=O)NCCCCCCCCCCC)C(=O)NCCCCCCCCCCC. The van der Waals surface area contributed by atoms with Crippen molar-refractivity contribution in [3.8, 4) is 0 Å². The molecule has 0 saturated carbocycles. The number of carbonyl (C=O) groups is 3. The van der Waals surface area contributed by atoms with Crippen LogP contribution < -0.4 is 37.2 Å². The molecule has 58 heavy (non-hydrogen) atoms. The molecular weight excluding hydrogens is 723 g/mol. The van der Waals surface area contributed by atoms with Crippen LogP contribution in [0.2, 0.25) is 0 Å². The molecule has 0 radical (unpaired) electrons. The highest BCUT2D eigenvalue weighted by Gasteiger charge is 2.19. The molecule has 0 aliphatic carbocycles. The van der Waals surface area contributed by atoms with E-state index >= 15 is 0 Å². The van der Waals surface area contributed by atoms with Gasteiger partial charge in [0.1, 0.15) is 0 Å². The van der Waals surface area contributed by atoms with Crippen molar-refractivity contribution in [1.29, 1.82) is 0 Å². The first-order chi connectivity index (χ1) is 28.5. The van der Waals surface area contributed by atoms with E-state index in [9.17, 15) is 14.4 Å². The minimum Gasteiger partial charge on any atom is -0.356 e. The van der Waals surface area contributed by atoms with Gasteiger partial charge in [-0.3, -0.25) is 14.4 Å². The smallest absolute Gasteiger partial charge is 0.224 e. The van der Waals surface area contributed by atoms with E-state index in [0.717, 1.165) is 84.6 Å². The molecule has 0 aromatic carbocycles. The van der Waals surface area contributed by atoms with Gasteiger partial charge in [0, 0.05) is 84.8 Å². The van der Waals surface area contributed by atoms with Crippen LogP contribution in [0.5, 0.6) is 0 Å². The van der Waals surface area contributed by atoms with E-state index in [-0.39, 0.29) is 23.6 Å². The van der Waals surface area contributed by atoms with Gasteiger partial charge in [0.25, 0.3) is 0 Å². The third kappa shape index (κ3) is 43.8. The summed E-state index contributed by atoms with van der Waals surface area (Å²) >= 11 is 0. The number of carbonyl (C=O) groups excluding carboxylic acids is 3. The van der Waals surface area contributed by atoms with Gasteiger partial charge >= 0.3 is 0 Å². The summed E-state index contributed by atoms with van der Waals surface area (Å²) < 4.78 is 0. The van der Waals surface area contributed by atoms with E-state index in [0.29, 0.717) is 32.4 Å². The molecule has 0 heterocycles. The maximum Gasteiger partial charge on any atom is 0.224 e. The molecule has 0 aliphatic rings. The van der Waals surface area contributed by atoms with E-state index < -0.39 is 0 Å². The van der Waals surface area contributed by atoms with Crippen LogP contribution in [-0.2, 0) is 14.4 Å². The van der Waals surface area contributed by atoms with Crippen LogP contribution >= 0.6 is 0 Å². The normalized spacial score (nSPS) is 11.8. The molecular formula is C48H99N7O3. The highest BCUT2D eigenvalue weighted by atomic mass is 16.2. The summed E-state index contributed by atoms with van der Waals surface area (Å²) in [7, 11) is 0. The van der Waals surface area contributed by atoms with Gasteiger partial charge in [-0.15, -0.1) is 0 Å². The highest BCUT2D eigenvalue weighted by molar-refractivity contribution is 5.80. The predicted molar refractivity (Wildman–Crippen MR) is 250 cm³/mol. The van der Waals surface area contributed by atoms with Crippen LogP contribution in [0.15, 0.2) is 0 Å². The van der Waals surface area contributed by atoms with Crippen molar-refractivity contribution in [1.82, 2.24) is 37.2 Å². The second-order valence-corrected chi connectivity index (χ2v) is 16.9. The Morgan fingerprint density at radius 2 is 0.638 bits per heavy atom. The van der Waals surface area contributed by atoms with Crippen LogP contribution in [0.3, 0.4) is 0 Å². The fraction of sp³-hybridized carbons (Fsp3) is 0.938. The summed E-state index contributed by atoms with van der Waals surface area (Å²) in [5.41, 5.74) is 0. The Balaban J connectivity index is 4.08. The van der Waals surface area contributed by atoms with Gasteiger partial charge in [0.05, 0.1) is 5.92 Å². The molecule has 3 amide bonds. The van der Waals surface area contributed by atoms with E-state index in [1.807, 2.05) is 0 Å². The lowest BCUT2D eigenvalue weighted by molar-refractivity contribution is -0.126. The molecule has 0 rings (SSSR count). The van der Waals surface area contributed by atoms with E-state index in [2.05, 4.69) is 58.0 Å². The average Bonchev–Trinajstić information content (AvgIpc) is 3.22. The van der Waals surface area contributed by atoms with Crippen molar-refractivity contribution in [3.05, 3.63) is 0 Å². The Labute approximate surface area is 359 Å². The first-order valence-electron chi connectivity index (χ1n) is 25.2. The van der Waals surface area contributed by atoms with Gasteiger partial charge in [0.2, 0.25) is 17.7 Å². The Morgan fingerprint density at radius 3 is 1.03 bits per heavy atom. The maximum absolute atomic E-state index is 13.2. The van der Waals surface area contributed by atoms with Crippen LogP contribution in [0, 0.1) is 5.92 Å². The topological polar surface area (TPSA) is 135 Å². The summed E-state index contributed by atoms with van der Waals surface area (Å²) in [5, 5.41) is 23.1. The number of unbranched alkanes of at least 4 members (excludes halogenated alkanes) is 24. The van der Waals surface area contributed by atoms with Crippen molar-refractivity contribution >= 4 is 17.7 Å². The van der Waals surface area contributed by atoms with Crippen LogP contribution in [-0.4, -0.2) is 89.7 Å². The zero-order valence-corrected chi connectivity index (χ0v) is 38.8. The minimum atomic E-state index is -0.211. The fourth-order valence-electron chi connectivity index (χ4n) is 7.31. The molecule has 10 nitrogen and oxygen atoms in total. The van der Waals surface area contributed by atoms with Gasteiger partial charge in [0.15, 0.2) is 0 Å². The van der Waals surface area contributed by atoms with E-state index in [4.69, 9.17) is 0 Å². The lowest BCUT2D eigenvalue weighted by Crippen LogP contribution is -2.40.